The monoisotopic (exact) mass is 248 g/mol. The Balaban J connectivity index is 0.000000980. The van der Waals surface area contributed by atoms with Crippen LogP contribution in [0.3, 0.4) is 0 Å². The fourth-order valence-electron chi connectivity index (χ4n) is 1.30. The number of nitrogens with zero attached hydrogens (tertiary/aromatic N) is 1. The number of aryl methyl sites for hydroxylation is 1. The number of fused-ring (bicyclic) bond motifs is 1. The van der Waals surface area contributed by atoms with Crippen molar-refractivity contribution >= 4 is 28.2 Å². The van der Waals surface area contributed by atoms with Gasteiger partial charge in [-0.15, -0.1) is 0 Å². The van der Waals surface area contributed by atoms with Gasteiger partial charge in [-0.25, -0.2) is 0 Å². The second kappa shape index (κ2) is 4.18. The maximum Gasteiger partial charge on any atom is 0.0723 e. The molecule has 0 atom stereocenters. The number of nitrogens with two attached hydrogens (primary N) is 1. The number of rotatable bonds is 0. The summed E-state index contributed by atoms with van der Waals surface area (Å²) in [6.07, 6.45) is 1.82. The van der Waals surface area contributed by atoms with Crippen molar-refractivity contribution < 1.29 is 17.1 Å². The summed E-state index contributed by atoms with van der Waals surface area (Å²) in [6, 6.07) is 5.62. The molecule has 2 N–H and O–H groups in total. The van der Waals surface area contributed by atoms with E-state index in [1.165, 1.54) is 0 Å². The van der Waals surface area contributed by atoms with Gasteiger partial charge in [-0.2, -0.15) is 0 Å². The van der Waals surface area contributed by atoms with Gasteiger partial charge in [-0.1, -0.05) is 11.6 Å². The molecule has 14 heavy (non-hydrogen) atoms. The molecule has 0 saturated heterocycles. The molecule has 2 nitrogen and oxygen atoms in total. The van der Waals surface area contributed by atoms with Gasteiger partial charge >= 0.3 is 0 Å². The fourth-order valence-corrected chi connectivity index (χ4v) is 1.46. The molecule has 0 aliphatic carbocycles. The molecule has 1 aromatic heterocycles. The topological polar surface area (TPSA) is 38.9 Å². The van der Waals surface area contributed by atoms with Crippen LogP contribution in [0.5, 0.6) is 0 Å². The van der Waals surface area contributed by atoms with Gasteiger partial charge in [-0.05, 0) is 30.7 Å². The molecule has 1 heterocycles. The number of benzene rings is 1. The van der Waals surface area contributed by atoms with Gasteiger partial charge in [0.15, 0.2) is 0 Å². The van der Waals surface area contributed by atoms with Crippen LogP contribution in [-0.4, -0.2) is 4.98 Å². The summed E-state index contributed by atoms with van der Waals surface area (Å²) < 4.78 is 0. The van der Waals surface area contributed by atoms with Gasteiger partial charge < -0.3 is 5.73 Å². The summed E-state index contributed by atoms with van der Waals surface area (Å²) in [5.74, 6) is 0. The molecule has 0 amide bonds. The van der Waals surface area contributed by atoms with Crippen LogP contribution in [0.2, 0.25) is 5.02 Å². The normalized spacial score (nSPS) is 9.86. The van der Waals surface area contributed by atoms with E-state index in [2.05, 4.69) is 4.98 Å². The summed E-state index contributed by atoms with van der Waals surface area (Å²) in [4.78, 5) is 4.24. The van der Waals surface area contributed by atoms with Crippen LogP contribution in [0.1, 0.15) is 5.56 Å². The van der Waals surface area contributed by atoms with Crippen molar-refractivity contribution in [3.05, 3.63) is 35.0 Å². The number of pyridine rings is 1. The molecule has 0 fully saturated rings. The Morgan fingerprint density at radius 2 is 2.07 bits per heavy atom. The SMILES string of the molecule is Cc1cnc2ccc(Cl)c(N)c2c1.[Fe]. The predicted octanol–water partition coefficient (Wildman–Crippen LogP) is 2.78. The molecule has 4 heteroatoms. The Morgan fingerprint density at radius 3 is 2.79 bits per heavy atom. The first kappa shape index (κ1) is 11.3. The Bertz CT molecular complexity index is 466. The van der Waals surface area contributed by atoms with Crippen LogP contribution in [0.4, 0.5) is 5.69 Å². The molecule has 0 aliphatic rings. The van der Waals surface area contributed by atoms with Crippen molar-refractivity contribution in [2.75, 3.05) is 5.73 Å². The van der Waals surface area contributed by atoms with Gasteiger partial charge in [-0.3, -0.25) is 4.98 Å². The number of anilines is 1. The van der Waals surface area contributed by atoms with Gasteiger partial charge in [0.05, 0.1) is 16.2 Å². The van der Waals surface area contributed by atoms with E-state index in [1.807, 2.05) is 25.3 Å². The van der Waals surface area contributed by atoms with Gasteiger partial charge in [0.25, 0.3) is 0 Å². The van der Waals surface area contributed by atoms with E-state index in [0.717, 1.165) is 16.5 Å². The molecule has 2 aromatic rings. The number of nitrogen functional groups attached to an aromatic ring is 1. The Labute approximate surface area is 97.9 Å². The fraction of sp³-hybridized carbons (Fsp3) is 0.100. The van der Waals surface area contributed by atoms with E-state index < -0.39 is 0 Å². The third-order valence-electron chi connectivity index (χ3n) is 1.99. The molecule has 0 radical (unpaired) electrons. The Morgan fingerprint density at radius 1 is 1.36 bits per heavy atom. The van der Waals surface area contributed by atoms with E-state index in [9.17, 15) is 0 Å². The number of hydrogen-bond donors (Lipinski definition) is 1. The zero-order valence-corrected chi connectivity index (χ0v) is 9.43. The van der Waals surface area contributed by atoms with Crippen LogP contribution in [-0.2, 0) is 17.1 Å². The molecule has 0 bridgehead atoms. The van der Waals surface area contributed by atoms with Crippen LogP contribution >= 0.6 is 11.6 Å². The summed E-state index contributed by atoms with van der Waals surface area (Å²) >= 11 is 5.89. The molecule has 2 rings (SSSR count). The van der Waals surface area contributed by atoms with Crippen LogP contribution in [0, 0.1) is 6.92 Å². The molecule has 0 unspecified atom stereocenters. The van der Waals surface area contributed by atoms with Crippen LogP contribution in [0.15, 0.2) is 24.4 Å². The first-order valence-corrected chi connectivity index (χ1v) is 4.36. The average molecular weight is 248 g/mol. The minimum absolute atomic E-state index is 0. The van der Waals surface area contributed by atoms with Crippen molar-refractivity contribution in [1.82, 2.24) is 4.98 Å². The quantitative estimate of drug-likeness (QED) is 0.575. The standard InChI is InChI=1S/C10H9ClN2.Fe/c1-6-4-7-9(13-5-6)3-2-8(11)10(7)12;/h2-5H,12H2,1H3;. The van der Waals surface area contributed by atoms with Gasteiger partial charge in [0, 0.05) is 28.7 Å². The molecule has 0 saturated carbocycles. The zero-order valence-electron chi connectivity index (χ0n) is 7.57. The largest absolute Gasteiger partial charge is 0.397 e. The maximum absolute atomic E-state index is 5.89. The van der Waals surface area contributed by atoms with Crippen LogP contribution in [0.25, 0.3) is 10.9 Å². The van der Waals surface area contributed by atoms with Crippen molar-refractivity contribution in [3.8, 4) is 0 Å². The predicted molar refractivity (Wildman–Crippen MR) is 55.9 cm³/mol. The van der Waals surface area contributed by atoms with E-state index in [4.69, 9.17) is 17.3 Å². The molecular formula is C10H9ClFeN2. The Kier molecular flexibility index (Phi) is 3.38. The van der Waals surface area contributed by atoms with E-state index in [-0.39, 0.29) is 17.1 Å². The Hall–Kier alpha value is -0.761. The third-order valence-corrected chi connectivity index (χ3v) is 2.32. The number of aromatic nitrogens is 1. The average Bonchev–Trinajstić information content (AvgIpc) is 2.12. The first-order chi connectivity index (χ1) is 6.18. The maximum atomic E-state index is 5.89. The summed E-state index contributed by atoms with van der Waals surface area (Å²) in [6.45, 7) is 1.98. The third kappa shape index (κ3) is 1.85. The second-order valence-corrected chi connectivity index (χ2v) is 3.45. The summed E-state index contributed by atoms with van der Waals surface area (Å²) in [7, 11) is 0. The number of halogens is 1. The van der Waals surface area contributed by atoms with E-state index in [0.29, 0.717) is 10.7 Å². The van der Waals surface area contributed by atoms with Crippen molar-refractivity contribution in [3.63, 3.8) is 0 Å². The minimum atomic E-state index is 0. The summed E-state index contributed by atoms with van der Waals surface area (Å²) in [5, 5.41) is 1.51. The van der Waals surface area contributed by atoms with Gasteiger partial charge in [0.1, 0.15) is 0 Å². The zero-order chi connectivity index (χ0) is 9.42. The molecule has 0 spiro atoms. The molecule has 0 aliphatic heterocycles. The molecule has 74 valence electrons. The second-order valence-electron chi connectivity index (χ2n) is 3.04. The number of hydrogen-bond acceptors (Lipinski definition) is 2. The van der Waals surface area contributed by atoms with Crippen LogP contribution < -0.4 is 5.73 Å². The minimum Gasteiger partial charge on any atom is -0.397 e. The summed E-state index contributed by atoms with van der Waals surface area (Å²) in [5.41, 5.74) is 8.39. The van der Waals surface area contributed by atoms with E-state index in [1.54, 1.807) is 6.07 Å². The molecular weight excluding hydrogens is 239 g/mol. The van der Waals surface area contributed by atoms with Crippen molar-refractivity contribution in [2.24, 2.45) is 0 Å². The smallest absolute Gasteiger partial charge is 0.0723 e. The molecule has 1 aromatic carbocycles. The first-order valence-electron chi connectivity index (χ1n) is 3.99. The van der Waals surface area contributed by atoms with Gasteiger partial charge in [0.2, 0.25) is 0 Å². The van der Waals surface area contributed by atoms with E-state index >= 15 is 0 Å². The van der Waals surface area contributed by atoms with Crippen molar-refractivity contribution in [2.45, 2.75) is 6.92 Å². The van der Waals surface area contributed by atoms with Crippen molar-refractivity contribution in [1.29, 1.82) is 0 Å².